The average Bonchev–Trinajstić information content (AvgIpc) is 2.52. The number of nitro benzene ring substituents is 2. The highest BCUT2D eigenvalue weighted by Crippen LogP contribution is 2.29. The van der Waals surface area contributed by atoms with Crippen LogP contribution in [-0.2, 0) is 0 Å². The molecule has 0 spiro atoms. The minimum Gasteiger partial charge on any atom is -0.378 e. The molecule has 0 saturated carbocycles. The number of nitrogens with zero attached hydrogens (tertiary/aromatic N) is 3. The number of hydrogen-bond donors (Lipinski definition) is 1. The molecule has 1 aliphatic rings. The summed E-state index contributed by atoms with van der Waals surface area (Å²) >= 11 is 0. The van der Waals surface area contributed by atoms with Crippen LogP contribution in [0.5, 0.6) is 0 Å². The second-order valence-electron chi connectivity index (χ2n) is 6.19. The lowest BCUT2D eigenvalue weighted by molar-refractivity contribution is -0.393. The van der Waals surface area contributed by atoms with Crippen molar-refractivity contribution in [2.45, 2.75) is 32.7 Å². The van der Waals surface area contributed by atoms with Gasteiger partial charge in [-0.25, -0.2) is 0 Å². The van der Waals surface area contributed by atoms with Gasteiger partial charge in [0.25, 0.3) is 11.4 Å². The Kier molecular flexibility index (Phi) is 5.49. The number of piperidine rings is 1. The smallest absolute Gasteiger partial charge is 0.299 e. The van der Waals surface area contributed by atoms with E-state index in [0.29, 0.717) is 18.2 Å². The van der Waals surface area contributed by atoms with Gasteiger partial charge in [0.05, 0.1) is 15.9 Å². The van der Waals surface area contributed by atoms with Gasteiger partial charge in [-0.05, 0) is 38.3 Å². The Balaban J connectivity index is 2.04. The van der Waals surface area contributed by atoms with E-state index >= 15 is 0 Å². The Morgan fingerprint density at radius 1 is 1.35 bits per heavy atom. The first-order valence-electron chi connectivity index (χ1n) is 7.79. The second-order valence-corrected chi connectivity index (χ2v) is 6.19. The predicted octanol–water partition coefficient (Wildman–Crippen LogP) is 3.04. The lowest BCUT2D eigenvalue weighted by Gasteiger charge is -2.35. The van der Waals surface area contributed by atoms with E-state index in [2.05, 4.69) is 24.1 Å². The maximum Gasteiger partial charge on any atom is 0.299 e. The molecule has 1 aromatic rings. The van der Waals surface area contributed by atoms with Crippen LogP contribution in [0.3, 0.4) is 0 Å². The number of benzene rings is 1. The summed E-state index contributed by atoms with van der Waals surface area (Å²) in [6.45, 7) is 6.95. The van der Waals surface area contributed by atoms with E-state index in [1.165, 1.54) is 25.0 Å². The third kappa shape index (κ3) is 4.38. The van der Waals surface area contributed by atoms with Crippen LogP contribution in [0.1, 0.15) is 26.7 Å². The van der Waals surface area contributed by atoms with Gasteiger partial charge in [-0.15, -0.1) is 0 Å². The molecule has 1 heterocycles. The van der Waals surface area contributed by atoms with Gasteiger partial charge in [-0.1, -0.05) is 6.92 Å². The maximum atomic E-state index is 11.1. The minimum atomic E-state index is -0.630. The number of rotatable bonds is 6. The zero-order chi connectivity index (χ0) is 17.0. The van der Waals surface area contributed by atoms with Crippen LogP contribution in [0.2, 0.25) is 0 Å². The Bertz CT molecular complexity index is 593. The van der Waals surface area contributed by atoms with Gasteiger partial charge in [0.15, 0.2) is 0 Å². The Morgan fingerprint density at radius 2 is 2.09 bits per heavy atom. The van der Waals surface area contributed by atoms with E-state index in [0.717, 1.165) is 19.2 Å². The van der Waals surface area contributed by atoms with Gasteiger partial charge in [-0.2, -0.15) is 0 Å². The van der Waals surface area contributed by atoms with Crippen LogP contribution < -0.4 is 5.32 Å². The first-order chi connectivity index (χ1) is 10.9. The molecule has 0 aromatic heterocycles. The van der Waals surface area contributed by atoms with Crippen LogP contribution >= 0.6 is 0 Å². The van der Waals surface area contributed by atoms with Crippen molar-refractivity contribution in [1.29, 1.82) is 0 Å². The number of non-ortho nitro benzene ring substituents is 1. The van der Waals surface area contributed by atoms with E-state index in [9.17, 15) is 20.2 Å². The first kappa shape index (κ1) is 17.1. The van der Waals surface area contributed by atoms with Crippen molar-refractivity contribution in [2.75, 3.05) is 25.0 Å². The van der Waals surface area contributed by atoms with Crippen molar-refractivity contribution in [3.63, 3.8) is 0 Å². The van der Waals surface area contributed by atoms with E-state index in [1.807, 2.05) is 0 Å². The summed E-state index contributed by atoms with van der Waals surface area (Å²) in [5.41, 5.74) is -0.226. The zero-order valence-corrected chi connectivity index (χ0v) is 13.4. The number of hydrogen-bond acceptors (Lipinski definition) is 6. The van der Waals surface area contributed by atoms with Crippen molar-refractivity contribution < 1.29 is 9.85 Å². The molecule has 1 aliphatic heterocycles. The predicted molar refractivity (Wildman–Crippen MR) is 87.7 cm³/mol. The molecule has 126 valence electrons. The molecular formula is C15H22N4O4. The topological polar surface area (TPSA) is 102 Å². The summed E-state index contributed by atoms with van der Waals surface area (Å²) in [4.78, 5) is 23.0. The lowest BCUT2D eigenvalue weighted by atomic mass is 9.99. The summed E-state index contributed by atoms with van der Waals surface area (Å²) in [6, 6.07) is 3.92. The van der Waals surface area contributed by atoms with Crippen molar-refractivity contribution in [2.24, 2.45) is 5.92 Å². The van der Waals surface area contributed by atoms with Crippen LogP contribution in [0.15, 0.2) is 18.2 Å². The second kappa shape index (κ2) is 7.36. The highest BCUT2D eigenvalue weighted by molar-refractivity contribution is 5.65. The lowest BCUT2D eigenvalue weighted by Crippen LogP contribution is -2.43. The SMILES string of the molecule is CC1CCCN(C(C)CNc2ccc([N+](=O)[O-])cc2[N+](=O)[O-])C1. The minimum absolute atomic E-state index is 0.243. The van der Waals surface area contributed by atoms with Crippen LogP contribution in [0.25, 0.3) is 0 Å². The molecule has 0 amide bonds. The van der Waals surface area contributed by atoms with Gasteiger partial charge in [-0.3, -0.25) is 25.1 Å². The van der Waals surface area contributed by atoms with Gasteiger partial charge >= 0.3 is 0 Å². The summed E-state index contributed by atoms with van der Waals surface area (Å²) in [6.07, 6.45) is 2.41. The Morgan fingerprint density at radius 3 is 2.70 bits per heavy atom. The molecule has 2 unspecified atom stereocenters. The Hall–Kier alpha value is -2.22. The van der Waals surface area contributed by atoms with Crippen LogP contribution in [0, 0.1) is 26.1 Å². The van der Waals surface area contributed by atoms with Crippen molar-refractivity contribution >= 4 is 17.1 Å². The molecular weight excluding hydrogens is 300 g/mol. The molecule has 8 heteroatoms. The monoisotopic (exact) mass is 322 g/mol. The maximum absolute atomic E-state index is 11.1. The number of likely N-dealkylation sites (tertiary alicyclic amines) is 1. The molecule has 8 nitrogen and oxygen atoms in total. The van der Waals surface area contributed by atoms with E-state index in [1.54, 1.807) is 0 Å². The quantitative estimate of drug-likeness (QED) is 0.638. The fraction of sp³-hybridized carbons (Fsp3) is 0.600. The zero-order valence-electron chi connectivity index (χ0n) is 13.4. The van der Waals surface area contributed by atoms with Crippen LogP contribution in [-0.4, -0.2) is 40.4 Å². The molecule has 1 N–H and O–H groups in total. The summed E-state index contributed by atoms with van der Waals surface area (Å²) in [7, 11) is 0. The van der Waals surface area contributed by atoms with Gasteiger partial charge < -0.3 is 5.32 Å². The molecule has 1 aromatic carbocycles. The first-order valence-corrected chi connectivity index (χ1v) is 7.79. The number of nitro groups is 2. The van der Waals surface area contributed by atoms with E-state index in [4.69, 9.17) is 0 Å². The molecule has 0 radical (unpaired) electrons. The van der Waals surface area contributed by atoms with Crippen molar-refractivity contribution in [1.82, 2.24) is 4.90 Å². The molecule has 2 atom stereocenters. The van der Waals surface area contributed by atoms with Crippen molar-refractivity contribution in [3.05, 3.63) is 38.4 Å². The molecule has 0 bridgehead atoms. The number of anilines is 1. The van der Waals surface area contributed by atoms with Gasteiger partial charge in [0.1, 0.15) is 5.69 Å². The van der Waals surface area contributed by atoms with Crippen LogP contribution in [0.4, 0.5) is 17.1 Å². The van der Waals surface area contributed by atoms with E-state index in [-0.39, 0.29) is 17.4 Å². The van der Waals surface area contributed by atoms with Gasteiger partial charge in [0.2, 0.25) is 0 Å². The molecule has 23 heavy (non-hydrogen) atoms. The fourth-order valence-electron chi connectivity index (χ4n) is 2.95. The molecule has 1 fully saturated rings. The standard InChI is InChI=1S/C15H22N4O4/c1-11-4-3-7-17(10-11)12(2)9-16-14-6-5-13(18(20)21)8-15(14)19(22)23/h5-6,8,11-12,16H,3-4,7,9-10H2,1-2H3. The summed E-state index contributed by atoms with van der Waals surface area (Å²) in [5, 5.41) is 24.9. The molecule has 1 saturated heterocycles. The third-order valence-electron chi connectivity index (χ3n) is 4.29. The largest absolute Gasteiger partial charge is 0.378 e. The van der Waals surface area contributed by atoms with E-state index < -0.39 is 9.85 Å². The molecule has 2 rings (SSSR count). The van der Waals surface area contributed by atoms with Gasteiger partial charge in [0, 0.05) is 25.2 Å². The molecule has 0 aliphatic carbocycles. The third-order valence-corrected chi connectivity index (χ3v) is 4.29. The average molecular weight is 322 g/mol. The summed E-state index contributed by atoms with van der Waals surface area (Å²) < 4.78 is 0. The highest BCUT2D eigenvalue weighted by atomic mass is 16.6. The fourth-order valence-corrected chi connectivity index (χ4v) is 2.95. The summed E-state index contributed by atoms with van der Waals surface area (Å²) in [5.74, 6) is 0.667. The normalized spacial score (nSPS) is 20.0. The number of nitrogens with one attached hydrogen (secondary N) is 1. The highest BCUT2D eigenvalue weighted by Gasteiger charge is 2.23. The Labute approximate surface area is 134 Å². The van der Waals surface area contributed by atoms with Crippen molar-refractivity contribution in [3.8, 4) is 0 Å².